The zero-order valence-electron chi connectivity index (χ0n) is 15.9. The van der Waals surface area contributed by atoms with Crippen molar-refractivity contribution in [1.82, 2.24) is 5.43 Å². The van der Waals surface area contributed by atoms with Crippen LogP contribution in [0.25, 0.3) is 10.8 Å². The van der Waals surface area contributed by atoms with Crippen LogP contribution >= 0.6 is 11.3 Å². The van der Waals surface area contributed by atoms with Gasteiger partial charge in [0, 0.05) is 10.4 Å². The van der Waals surface area contributed by atoms with E-state index in [1.165, 1.54) is 17.6 Å². The van der Waals surface area contributed by atoms with Crippen LogP contribution in [0.15, 0.2) is 41.5 Å². The summed E-state index contributed by atoms with van der Waals surface area (Å²) in [6.45, 7) is 0. The van der Waals surface area contributed by atoms with Crippen molar-refractivity contribution in [3.8, 4) is 11.8 Å². The molecule has 1 heterocycles. The van der Waals surface area contributed by atoms with Crippen molar-refractivity contribution in [3.05, 3.63) is 58.0 Å². The number of anilines is 1. The Bertz CT molecular complexity index is 1220. The highest BCUT2D eigenvalue weighted by atomic mass is 32.1. The van der Waals surface area contributed by atoms with E-state index in [4.69, 9.17) is 0 Å². The summed E-state index contributed by atoms with van der Waals surface area (Å²) in [7, 11) is 0. The lowest BCUT2D eigenvalue weighted by atomic mass is 9.96. The van der Waals surface area contributed by atoms with Gasteiger partial charge in [-0.3, -0.25) is 9.59 Å². The maximum atomic E-state index is 12.3. The Kier molecular flexibility index (Phi) is 5.46. The second kappa shape index (κ2) is 8.35. The van der Waals surface area contributed by atoms with E-state index in [0.717, 1.165) is 46.9 Å². The molecule has 2 aromatic carbocycles. The molecule has 0 atom stereocenters. The van der Waals surface area contributed by atoms with E-state index < -0.39 is 11.8 Å². The normalized spacial score (nSPS) is 13.0. The number of rotatable bonds is 3. The Labute approximate surface area is 176 Å². The third-order valence-electron chi connectivity index (χ3n) is 5.02. The average Bonchev–Trinajstić information content (AvgIpc) is 3.12. The molecule has 0 fully saturated rings. The zero-order chi connectivity index (χ0) is 21.1. The van der Waals surface area contributed by atoms with Gasteiger partial charge in [-0.05, 0) is 48.1 Å². The molecule has 0 aliphatic heterocycles. The Hall–Kier alpha value is -3.70. The molecule has 1 aliphatic rings. The molecule has 0 radical (unpaired) electrons. The van der Waals surface area contributed by atoms with Gasteiger partial charge in [0.1, 0.15) is 16.8 Å². The molecular weight excluding hydrogens is 400 g/mol. The van der Waals surface area contributed by atoms with Crippen LogP contribution in [0.2, 0.25) is 0 Å². The van der Waals surface area contributed by atoms with Crippen molar-refractivity contribution in [2.75, 3.05) is 5.32 Å². The van der Waals surface area contributed by atoms with E-state index in [1.54, 1.807) is 12.1 Å². The molecule has 1 aliphatic carbocycles. The molecule has 4 rings (SSSR count). The maximum Gasteiger partial charge on any atom is 0.329 e. The number of thiophene rings is 1. The van der Waals surface area contributed by atoms with Crippen LogP contribution < -0.4 is 10.7 Å². The second-order valence-corrected chi connectivity index (χ2v) is 8.00. The fraction of sp³-hybridized carbons (Fsp3) is 0.182. The number of aromatic hydroxyl groups is 1. The van der Waals surface area contributed by atoms with E-state index in [2.05, 4.69) is 21.9 Å². The number of fused-ring (bicyclic) bond motifs is 2. The molecule has 8 heteroatoms. The Balaban J connectivity index is 1.47. The third kappa shape index (κ3) is 3.75. The van der Waals surface area contributed by atoms with Crippen LogP contribution in [0.4, 0.5) is 5.00 Å². The van der Waals surface area contributed by atoms with Crippen LogP contribution in [-0.4, -0.2) is 23.1 Å². The predicted molar refractivity (Wildman–Crippen MR) is 116 cm³/mol. The first-order chi connectivity index (χ1) is 14.6. The van der Waals surface area contributed by atoms with Crippen LogP contribution in [0, 0.1) is 11.3 Å². The van der Waals surface area contributed by atoms with Gasteiger partial charge in [-0.15, -0.1) is 11.3 Å². The van der Waals surface area contributed by atoms with Gasteiger partial charge in [0.25, 0.3) is 0 Å². The molecule has 3 aromatic rings. The van der Waals surface area contributed by atoms with Crippen molar-refractivity contribution in [1.29, 1.82) is 5.26 Å². The Morgan fingerprint density at radius 3 is 2.77 bits per heavy atom. The van der Waals surface area contributed by atoms with Gasteiger partial charge >= 0.3 is 11.8 Å². The first-order valence-electron chi connectivity index (χ1n) is 9.48. The van der Waals surface area contributed by atoms with E-state index >= 15 is 0 Å². The summed E-state index contributed by atoms with van der Waals surface area (Å²) in [5.74, 6) is -1.84. The van der Waals surface area contributed by atoms with E-state index in [-0.39, 0.29) is 5.75 Å². The highest BCUT2D eigenvalue weighted by Gasteiger charge is 2.23. The molecule has 30 heavy (non-hydrogen) atoms. The lowest BCUT2D eigenvalue weighted by Gasteiger charge is -2.09. The summed E-state index contributed by atoms with van der Waals surface area (Å²) in [5, 5.41) is 28.0. The van der Waals surface area contributed by atoms with Crippen LogP contribution in [0.3, 0.4) is 0 Å². The number of nitriles is 1. The number of aryl methyl sites for hydroxylation is 1. The zero-order valence-corrected chi connectivity index (χ0v) is 16.8. The van der Waals surface area contributed by atoms with Gasteiger partial charge in [-0.1, -0.05) is 30.3 Å². The number of phenolic OH excluding ortho intramolecular Hbond substituents is 1. The van der Waals surface area contributed by atoms with Crippen molar-refractivity contribution < 1.29 is 14.7 Å². The monoisotopic (exact) mass is 418 g/mol. The summed E-state index contributed by atoms with van der Waals surface area (Å²) in [4.78, 5) is 25.5. The molecule has 0 saturated heterocycles. The highest BCUT2D eigenvalue weighted by molar-refractivity contribution is 7.16. The lowest BCUT2D eigenvalue weighted by molar-refractivity contribution is -0.136. The molecule has 1 aromatic heterocycles. The molecular formula is C22H18N4O3S. The molecule has 2 amide bonds. The fourth-order valence-corrected chi connectivity index (χ4v) is 4.79. The number of nitrogens with one attached hydrogen (secondary N) is 2. The number of carbonyl (C=O) groups excluding carboxylic acids is 2. The minimum absolute atomic E-state index is 0.0129. The van der Waals surface area contributed by atoms with Gasteiger partial charge in [0.2, 0.25) is 0 Å². The Morgan fingerprint density at radius 2 is 1.93 bits per heavy atom. The predicted octanol–water partition coefficient (Wildman–Crippen LogP) is 3.45. The second-order valence-electron chi connectivity index (χ2n) is 6.90. The lowest BCUT2D eigenvalue weighted by Crippen LogP contribution is -2.32. The SMILES string of the molecule is N#Cc1c(NC(=O)C(=O)N/N=C/c2c(O)ccc3ccccc23)sc2c1CCCC2. The standard InChI is InChI=1S/C22H18N4O3S/c23-11-16-15-7-3-4-8-19(15)30-22(16)25-20(28)21(29)26-24-12-17-14-6-2-1-5-13(14)9-10-18(17)27/h1-2,5-6,9-10,12,27H,3-4,7-8H2,(H,25,28)(H,26,29)/b24-12+. The van der Waals surface area contributed by atoms with Crippen molar-refractivity contribution in [2.45, 2.75) is 25.7 Å². The topological polar surface area (TPSA) is 115 Å². The number of hydrazone groups is 1. The minimum Gasteiger partial charge on any atom is -0.507 e. The minimum atomic E-state index is -0.957. The van der Waals surface area contributed by atoms with Gasteiger partial charge in [-0.25, -0.2) is 5.43 Å². The molecule has 3 N–H and O–H groups in total. The number of phenols is 1. The van der Waals surface area contributed by atoms with Crippen LogP contribution in [0.1, 0.15) is 34.4 Å². The first kappa shape index (κ1) is 19.6. The summed E-state index contributed by atoms with van der Waals surface area (Å²) in [5.41, 5.74) is 4.03. The summed E-state index contributed by atoms with van der Waals surface area (Å²) >= 11 is 1.35. The Morgan fingerprint density at radius 1 is 1.13 bits per heavy atom. The van der Waals surface area contributed by atoms with Gasteiger partial charge in [-0.2, -0.15) is 10.4 Å². The number of hydrogen-bond donors (Lipinski definition) is 3. The average molecular weight is 418 g/mol. The van der Waals surface area contributed by atoms with Crippen LogP contribution in [0.5, 0.6) is 5.75 Å². The van der Waals surface area contributed by atoms with Gasteiger partial charge in [0.05, 0.1) is 11.8 Å². The molecule has 0 unspecified atom stereocenters. The van der Waals surface area contributed by atoms with Crippen LogP contribution in [-0.2, 0) is 22.4 Å². The number of hydrogen-bond acceptors (Lipinski definition) is 6. The fourth-order valence-electron chi connectivity index (χ4n) is 3.56. The molecule has 150 valence electrons. The molecule has 0 spiro atoms. The van der Waals surface area contributed by atoms with E-state index in [9.17, 15) is 20.0 Å². The molecule has 0 saturated carbocycles. The smallest absolute Gasteiger partial charge is 0.329 e. The van der Waals surface area contributed by atoms with Crippen molar-refractivity contribution in [2.24, 2.45) is 5.10 Å². The summed E-state index contributed by atoms with van der Waals surface area (Å²) in [6.07, 6.45) is 5.07. The maximum absolute atomic E-state index is 12.3. The number of carbonyl (C=O) groups is 2. The number of nitrogens with zero attached hydrogens (tertiary/aromatic N) is 2. The summed E-state index contributed by atoms with van der Waals surface area (Å²) < 4.78 is 0. The van der Waals surface area contributed by atoms with Crippen molar-refractivity contribution >= 4 is 45.1 Å². The first-order valence-corrected chi connectivity index (χ1v) is 10.3. The third-order valence-corrected chi connectivity index (χ3v) is 6.23. The number of amides is 2. The molecule has 7 nitrogen and oxygen atoms in total. The van der Waals surface area contributed by atoms with E-state index in [0.29, 0.717) is 16.1 Å². The quantitative estimate of drug-likeness (QED) is 0.343. The van der Waals surface area contributed by atoms with Gasteiger partial charge < -0.3 is 10.4 Å². The van der Waals surface area contributed by atoms with Crippen molar-refractivity contribution in [3.63, 3.8) is 0 Å². The summed E-state index contributed by atoms with van der Waals surface area (Å²) in [6, 6.07) is 12.9. The largest absolute Gasteiger partial charge is 0.507 e. The van der Waals surface area contributed by atoms with Gasteiger partial charge in [0.15, 0.2) is 0 Å². The highest BCUT2D eigenvalue weighted by Crippen LogP contribution is 2.37. The number of benzene rings is 2. The van der Waals surface area contributed by atoms with E-state index in [1.807, 2.05) is 24.3 Å². The molecule has 0 bridgehead atoms.